The number of ether oxygens (including phenoxy) is 1. The SMILES string of the molecule is CC(C)(C)OC(=O)N1CCC[C@@H](Cn2cc(C(=O)O)c(=O)c3cc(I)ccc32)C1. The topological polar surface area (TPSA) is 88.8 Å². The second-order valence-electron chi connectivity index (χ2n) is 8.43. The van der Waals surface area contributed by atoms with Crippen LogP contribution in [-0.2, 0) is 11.3 Å². The fraction of sp³-hybridized carbons (Fsp3) is 0.476. The highest BCUT2D eigenvalue weighted by atomic mass is 127. The molecular weight excluding hydrogens is 487 g/mol. The molecule has 1 saturated heterocycles. The molecule has 29 heavy (non-hydrogen) atoms. The van der Waals surface area contributed by atoms with Gasteiger partial charge in [-0.15, -0.1) is 0 Å². The third-order valence-electron chi connectivity index (χ3n) is 4.90. The van der Waals surface area contributed by atoms with Gasteiger partial charge < -0.3 is 19.3 Å². The minimum Gasteiger partial charge on any atom is -0.477 e. The summed E-state index contributed by atoms with van der Waals surface area (Å²) in [5.74, 6) is -1.09. The number of pyridine rings is 1. The Labute approximate surface area is 182 Å². The maximum absolute atomic E-state index is 12.6. The fourth-order valence-corrected chi connectivity index (χ4v) is 4.15. The summed E-state index contributed by atoms with van der Waals surface area (Å²) in [4.78, 5) is 38.3. The highest BCUT2D eigenvalue weighted by Gasteiger charge is 2.28. The first kappa shape index (κ1) is 21.6. The molecular formula is C21H25IN2O5. The number of halogens is 1. The molecule has 1 aliphatic heterocycles. The zero-order chi connectivity index (χ0) is 21.3. The number of carboxylic acids is 1. The number of likely N-dealkylation sites (tertiary alicyclic amines) is 1. The summed E-state index contributed by atoms with van der Waals surface area (Å²) in [6.45, 7) is 7.23. The van der Waals surface area contributed by atoms with Gasteiger partial charge in [0.15, 0.2) is 0 Å². The van der Waals surface area contributed by atoms with Crippen molar-refractivity contribution in [3.63, 3.8) is 0 Å². The van der Waals surface area contributed by atoms with Crippen molar-refractivity contribution in [1.82, 2.24) is 9.47 Å². The van der Waals surface area contributed by atoms with Crippen LogP contribution in [0.3, 0.4) is 0 Å². The third-order valence-corrected chi connectivity index (χ3v) is 5.57. The van der Waals surface area contributed by atoms with E-state index in [2.05, 4.69) is 22.6 Å². The largest absolute Gasteiger partial charge is 0.477 e. The number of nitrogens with zero attached hydrogens (tertiary/aromatic N) is 2. The maximum Gasteiger partial charge on any atom is 0.410 e. The van der Waals surface area contributed by atoms with Crippen LogP contribution in [-0.4, -0.2) is 45.3 Å². The number of carbonyl (C=O) groups excluding carboxylic acids is 1. The quantitative estimate of drug-likeness (QED) is 0.630. The van der Waals surface area contributed by atoms with Crippen LogP contribution in [0.1, 0.15) is 44.0 Å². The van der Waals surface area contributed by atoms with Crippen LogP contribution < -0.4 is 5.43 Å². The van der Waals surface area contributed by atoms with Crippen molar-refractivity contribution in [1.29, 1.82) is 0 Å². The molecule has 0 radical (unpaired) electrons. The van der Waals surface area contributed by atoms with Gasteiger partial charge in [-0.2, -0.15) is 0 Å². The number of piperidine rings is 1. The Morgan fingerprint density at radius 2 is 2.03 bits per heavy atom. The summed E-state index contributed by atoms with van der Waals surface area (Å²) in [6.07, 6.45) is 2.87. The molecule has 156 valence electrons. The molecule has 2 heterocycles. The number of fused-ring (bicyclic) bond motifs is 1. The average molecular weight is 512 g/mol. The van der Waals surface area contributed by atoms with E-state index in [0.29, 0.717) is 30.5 Å². The highest BCUT2D eigenvalue weighted by molar-refractivity contribution is 14.1. The summed E-state index contributed by atoms with van der Waals surface area (Å²) in [6, 6.07) is 5.46. The van der Waals surface area contributed by atoms with Crippen molar-refractivity contribution in [2.75, 3.05) is 13.1 Å². The van der Waals surface area contributed by atoms with Crippen LogP contribution in [0.15, 0.2) is 29.2 Å². The van der Waals surface area contributed by atoms with Gasteiger partial charge in [0.2, 0.25) is 5.43 Å². The van der Waals surface area contributed by atoms with Gasteiger partial charge in [0.25, 0.3) is 0 Å². The summed E-state index contributed by atoms with van der Waals surface area (Å²) in [5.41, 5.74) is -0.553. The first-order chi connectivity index (χ1) is 13.5. The predicted octanol–water partition coefficient (Wildman–Crippen LogP) is 3.95. The average Bonchev–Trinajstić information content (AvgIpc) is 2.62. The minimum absolute atomic E-state index is 0.142. The summed E-state index contributed by atoms with van der Waals surface area (Å²) >= 11 is 2.11. The van der Waals surface area contributed by atoms with E-state index in [1.807, 2.05) is 37.5 Å². The van der Waals surface area contributed by atoms with Gasteiger partial charge in [-0.25, -0.2) is 9.59 Å². The highest BCUT2D eigenvalue weighted by Crippen LogP contribution is 2.23. The number of aromatic nitrogens is 1. The van der Waals surface area contributed by atoms with Crippen molar-refractivity contribution in [2.45, 2.75) is 45.8 Å². The van der Waals surface area contributed by atoms with Gasteiger partial charge in [0.05, 0.1) is 5.52 Å². The number of carboxylic acid groups (broad SMARTS) is 1. The van der Waals surface area contributed by atoms with Gasteiger partial charge in [0, 0.05) is 34.8 Å². The third kappa shape index (κ3) is 5.09. The molecule has 1 aliphatic rings. The van der Waals surface area contributed by atoms with Crippen molar-refractivity contribution >= 4 is 45.6 Å². The summed E-state index contributed by atoms with van der Waals surface area (Å²) in [5, 5.41) is 9.86. The number of amides is 1. The Morgan fingerprint density at radius 3 is 2.69 bits per heavy atom. The first-order valence-electron chi connectivity index (χ1n) is 9.59. The number of hydrogen-bond acceptors (Lipinski definition) is 4. The zero-order valence-electron chi connectivity index (χ0n) is 16.8. The van der Waals surface area contributed by atoms with Crippen LogP contribution in [0.4, 0.5) is 4.79 Å². The molecule has 1 atom stereocenters. The Kier molecular flexibility index (Phi) is 6.21. The number of rotatable bonds is 3. The maximum atomic E-state index is 12.6. The second-order valence-corrected chi connectivity index (χ2v) is 9.67. The molecule has 3 rings (SSSR count). The molecule has 1 aromatic carbocycles. The van der Waals surface area contributed by atoms with E-state index >= 15 is 0 Å². The number of benzene rings is 1. The van der Waals surface area contributed by atoms with Gasteiger partial charge in [-0.1, -0.05) is 0 Å². The summed E-state index contributed by atoms with van der Waals surface area (Å²) < 4.78 is 8.19. The molecule has 1 fully saturated rings. The van der Waals surface area contributed by atoms with Crippen LogP contribution in [0, 0.1) is 9.49 Å². The monoisotopic (exact) mass is 512 g/mol. The molecule has 0 unspecified atom stereocenters. The molecule has 1 N–H and O–H groups in total. The van der Waals surface area contributed by atoms with Crippen LogP contribution in [0.2, 0.25) is 0 Å². The zero-order valence-corrected chi connectivity index (χ0v) is 18.9. The van der Waals surface area contributed by atoms with E-state index in [4.69, 9.17) is 4.74 Å². The van der Waals surface area contributed by atoms with Gasteiger partial charge in [-0.3, -0.25) is 4.79 Å². The molecule has 0 saturated carbocycles. The van der Waals surface area contributed by atoms with E-state index < -0.39 is 17.0 Å². The van der Waals surface area contributed by atoms with E-state index in [1.54, 1.807) is 11.0 Å². The predicted molar refractivity (Wildman–Crippen MR) is 118 cm³/mol. The van der Waals surface area contributed by atoms with Gasteiger partial charge in [0.1, 0.15) is 11.2 Å². The molecule has 1 amide bonds. The minimum atomic E-state index is -1.23. The van der Waals surface area contributed by atoms with Crippen molar-refractivity contribution in [2.24, 2.45) is 5.92 Å². The summed E-state index contributed by atoms with van der Waals surface area (Å²) in [7, 11) is 0. The lowest BCUT2D eigenvalue weighted by Crippen LogP contribution is -2.43. The van der Waals surface area contributed by atoms with E-state index in [-0.39, 0.29) is 17.6 Å². The molecule has 8 heteroatoms. The van der Waals surface area contributed by atoms with Gasteiger partial charge >= 0.3 is 12.1 Å². The Balaban J connectivity index is 1.89. The molecule has 2 aromatic rings. The Hall–Kier alpha value is -2.10. The molecule has 0 aliphatic carbocycles. The van der Waals surface area contributed by atoms with E-state index in [1.165, 1.54) is 6.20 Å². The van der Waals surface area contributed by atoms with Crippen molar-refractivity contribution in [3.05, 3.63) is 43.8 Å². The van der Waals surface area contributed by atoms with Gasteiger partial charge in [-0.05, 0) is 80.3 Å². The standard InChI is InChI=1S/C21H25IN2O5/c1-21(2,3)29-20(28)23-8-4-5-13(10-23)11-24-12-16(19(26)27)18(25)15-9-14(22)6-7-17(15)24/h6-7,9,12-13H,4-5,8,10-11H2,1-3H3,(H,26,27)/t13-/m1/s1. The number of aromatic carboxylic acids is 1. The normalized spacial score (nSPS) is 17.4. The lowest BCUT2D eigenvalue weighted by Gasteiger charge is -2.34. The second kappa shape index (κ2) is 8.33. The van der Waals surface area contributed by atoms with Crippen LogP contribution in [0.5, 0.6) is 0 Å². The Bertz CT molecular complexity index is 1010. The fourth-order valence-electron chi connectivity index (χ4n) is 3.66. The van der Waals surface area contributed by atoms with Crippen molar-refractivity contribution < 1.29 is 19.4 Å². The van der Waals surface area contributed by atoms with E-state index in [0.717, 1.165) is 16.4 Å². The van der Waals surface area contributed by atoms with E-state index in [9.17, 15) is 19.5 Å². The molecule has 0 spiro atoms. The number of carbonyl (C=O) groups is 2. The molecule has 0 bridgehead atoms. The molecule has 7 nitrogen and oxygen atoms in total. The Morgan fingerprint density at radius 1 is 1.31 bits per heavy atom. The van der Waals surface area contributed by atoms with Crippen LogP contribution in [0.25, 0.3) is 10.9 Å². The first-order valence-corrected chi connectivity index (χ1v) is 10.7. The smallest absolute Gasteiger partial charge is 0.410 e. The van der Waals surface area contributed by atoms with Crippen molar-refractivity contribution in [3.8, 4) is 0 Å². The van der Waals surface area contributed by atoms with Crippen LogP contribution >= 0.6 is 22.6 Å². The lowest BCUT2D eigenvalue weighted by atomic mass is 9.97. The number of hydrogen-bond donors (Lipinski definition) is 1. The molecule has 1 aromatic heterocycles. The lowest BCUT2D eigenvalue weighted by molar-refractivity contribution is 0.0157.